The fourth-order valence-electron chi connectivity index (χ4n) is 1.10. The van der Waals surface area contributed by atoms with Gasteiger partial charge in [0.2, 0.25) is 0 Å². The Morgan fingerprint density at radius 2 is 2.17 bits per heavy atom. The van der Waals surface area contributed by atoms with E-state index < -0.39 is 21.5 Å². The molecule has 7 heteroatoms. The van der Waals surface area contributed by atoms with Gasteiger partial charge in [0, 0.05) is 30.9 Å². The average Bonchev–Trinajstić information content (AvgIpc) is 2.29. The van der Waals surface area contributed by atoms with Crippen LogP contribution < -0.4 is 0 Å². The van der Waals surface area contributed by atoms with Gasteiger partial charge in [-0.05, 0) is 0 Å². The molecule has 0 N–H and O–H groups in total. The zero-order valence-electron chi connectivity index (χ0n) is 6.41. The zero-order valence-corrected chi connectivity index (χ0v) is 7.98. The summed E-state index contributed by atoms with van der Waals surface area (Å²) in [6.45, 7) is -0.228. The van der Waals surface area contributed by atoms with Gasteiger partial charge in [0.1, 0.15) is 12.3 Å². The van der Waals surface area contributed by atoms with Crippen molar-refractivity contribution < 1.29 is 17.5 Å². The molecule has 12 heavy (non-hydrogen) atoms. The Morgan fingerprint density at radius 1 is 1.58 bits per heavy atom. The van der Waals surface area contributed by atoms with Gasteiger partial charge in [0.15, 0.2) is 0 Å². The maximum absolute atomic E-state index is 12.9. The first-order valence-electron chi connectivity index (χ1n) is 3.31. The summed E-state index contributed by atoms with van der Waals surface area (Å²) >= 11 is 0. The van der Waals surface area contributed by atoms with Crippen molar-refractivity contribution in [1.29, 1.82) is 0 Å². The molecule has 72 valence electrons. The SMILES string of the molecule is CO[C@H]1CN(S(=O)(=O)Cl)C[C@H]1F. The lowest BCUT2D eigenvalue weighted by atomic mass is 10.3. The highest BCUT2D eigenvalue weighted by Crippen LogP contribution is 2.20. The number of halogens is 2. The first-order valence-corrected chi connectivity index (χ1v) is 5.58. The molecule has 0 amide bonds. The van der Waals surface area contributed by atoms with E-state index in [1.165, 1.54) is 7.11 Å². The van der Waals surface area contributed by atoms with Crippen molar-refractivity contribution >= 4 is 19.9 Å². The first-order chi connectivity index (χ1) is 5.45. The number of alkyl halides is 1. The van der Waals surface area contributed by atoms with Crippen molar-refractivity contribution in [1.82, 2.24) is 4.31 Å². The summed E-state index contributed by atoms with van der Waals surface area (Å²) in [7, 11) is 2.54. The third-order valence-electron chi connectivity index (χ3n) is 1.78. The van der Waals surface area contributed by atoms with Crippen molar-refractivity contribution in [2.45, 2.75) is 12.3 Å². The summed E-state index contributed by atoms with van der Waals surface area (Å²) in [6.07, 6.45) is -1.98. The first kappa shape index (κ1) is 10.2. The summed E-state index contributed by atoms with van der Waals surface area (Å²) in [4.78, 5) is 0. The summed E-state index contributed by atoms with van der Waals surface area (Å²) in [5, 5.41) is 0. The van der Waals surface area contributed by atoms with Crippen molar-refractivity contribution in [3.63, 3.8) is 0 Å². The molecule has 0 aromatic carbocycles. The second-order valence-corrected chi connectivity index (χ2v) is 5.06. The fourth-order valence-corrected chi connectivity index (χ4v) is 2.09. The van der Waals surface area contributed by atoms with E-state index in [4.69, 9.17) is 15.4 Å². The molecule has 0 radical (unpaired) electrons. The van der Waals surface area contributed by atoms with Crippen LogP contribution in [0, 0.1) is 0 Å². The Labute approximate surface area is 74.8 Å². The van der Waals surface area contributed by atoms with E-state index in [1.807, 2.05) is 0 Å². The molecular weight excluding hydrogens is 209 g/mol. The molecule has 1 heterocycles. The van der Waals surface area contributed by atoms with Gasteiger partial charge in [0.05, 0.1) is 0 Å². The van der Waals surface area contributed by atoms with Crippen LogP contribution in [0.4, 0.5) is 4.39 Å². The van der Waals surface area contributed by atoms with Crippen molar-refractivity contribution in [3.05, 3.63) is 0 Å². The molecule has 1 fully saturated rings. The second-order valence-electron chi connectivity index (χ2n) is 2.55. The van der Waals surface area contributed by atoms with Crippen LogP contribution in [0.2, 0.25) is 0 Å². The highest BCUT2D eigenvalue weighted by Gasteiger charge is 2.38. The lowest BCUT2D eigenvalue weighted by Crippen LogP contribution is -2.25. The summed E-state index contributed by atoms with van der Waals surface area (Å²) in [5.41, 5.74) is 0. The van der Waals surface area contributed by atoms with Gasteiger partial charge in [-0.15, -0.1) is 0 Å². The van der Waals surface area contributed by atoms with E-state index in [2.05, 4.69) is 0 Å². The molecule has 1 aliphatic rings. The van der Waals surface area contributed by atoms with Crippen LogP contribution in [0.1, 0.15) is 0 Å². The molecule has 0 aromatic rings. The molecule has 2 atom stereocenters. The Hall–Kier alpha value is 0.0900. The van der Waals surface area contributed by atoms with E-state index >= 15 is 0 Å². The number of rotatable bonds is 2. The molecular formula is C5H9ClFNO3S. The van der Waals surface area contributed by atoms with Gasteiger partial charge >= 0.3 is 0 Å². The van der Waals surface area contributed by atoms with Crippen LogP contribution >= 0.6 is 10.7 Å². The number of methoxy groups -OCH3 is 1. The van der Waals surface area contributed by atoms with Crippen LogP contribution in [0.5, 0.6) is 0 Å². The van der Waals surface area contributed by atoms with Crippen molar-refractivity contribution in [2.24, 2.45) is 0 Å². The van der Waals surface area contributed by atoms with Crippen LogP contribution in [-0.4, -0.2) is 45.2 Å². The third kappa shape index (κ3) is 2.07. The highest BCUT2D eigenvalue weighted by molar-refractivity contribution is 8.11. The van der Waals surface area contributed by atoms with E-state index in [0.717, 1.165) is 4.31 Å². The number of hydrogen-bond donors (Lipinski definition) is 0. The van der Waals surface area contributed by atoms with Crippen LogP contribution in [-0.2, 0) is 14.0 Å². The molecule has 0 unspecified atom stereocenters. The van der Waals surface area contributed by atoms with E-state index in [9.17, 15) is 12.8 Å². The zero-order chi connectivity index (χ0) is 9.35. The molecule has 0 saturated carbocycles. The summed E-state index contributed by atoms with van der Waals surface area (Å²) in [5.74, 6) is 0. The number of nitrogens with zero attached hydrogens (tertiary/aromatic N) is 1. The Morgan fingerprint density at radius 3 is 2.42 bits per heavy atom. The van der Waals surface area contributed by atoms with Gasteiger partial charge in [0.25, 0.3) is 9.24 Å². The monoisotopic (exact) mass is 217 g/mol. The van der Waals surface area contributed by atoms with E-state index in [0.29, 0.717) is 0 Å². The van der Waals surface area contributed by atoms with E-state index in [1.54, 1.807) is 0 Å². The lowest BCUT2D eigenvalue weighted by Gasteiger charge is -2.09. The maximum atomic E-state index is 12.9. The van der Waals surface area contributed by atoms with Gasteiger partial charge in [-0.1, -0.05) is 0 Å². The molecule has 0 spiro atoms. The molecule has 1 aliphatic heterocycles. The molecule has 0 aromatic heterocycles. The molecule has 1 saturated heterocycles. The standard InChI is InChI=1S/C5H9ClFNO3S/c1-11-5-3-8(2-4(5)7)12(6,9)10/h4-5H,2-3H2,1H3/t4-,5+/m1/s1. The largest absolute Gasteiger partial charge is 0.377 e. The van der Waals surface area contributed by atoms with Crippen LogP contribution in [0.25, 0.3) is 0 Å². The minimum Gasteiger partial charge on any atom is -0.377 e. The molecule has 4 nitrogen and oxygen atoms in total. The minimum absolute atomic E-state index is 0.0104. The van der Waals surface area contributed by atoms with Crippen molar-refractivity contribution in [3.8, 4) is 0 Å². The Balaban J connectivity index is 2.67. The minimum atomic E-state index is -3.79. The smallest absolute Gasteiger partial charge is 0.299 e. The molecule has 0 aliphatic carbocycles. The topological polar surface area (TPSA) is 46.6 Å². The molecule has 1 rings (SSSR count). The van der Waals surface area contributed by atoms with E-state index in [-0.39, 0.29) is 13.1 Å². The predicted octanol–water partition coefficient (Wildman–Crippen LogP) is 0.139. The summed E-state index contributed by atoms with van der Waals surface area (Å²) in [6, 6.07) is 0. The Bertz CT molecular complexity index is 257. The maximum Gasteiger partial charge on any atom is 0.299 e. The van der Waals surface area contributed by atoms with Crippen LogP contribution in [0.3, 0.4) is 0 Å². The third-order valence-corrected chi connectivity index (χ3v) is 3.28. The molecule has 0 bridgehead atoms. The lowest BCUT2D eigenvalue weighted by molar-refractivity contribution is 0.0637. The second kappa shape index (κ2) is 3.45. The Kier molecular flexibility index (Phi) is 2.92. The van der Waals surface area contributed by atoms with Crippen molar-refractivity contribution in [2.75, 3.05) is 20.2 Å². The van der Waals surface area contributed by atoms with Crippen LogP contribution in [0.15, 0.2) is 0 Å². The number of ether oxygens (including phenoxy) is 1. The average molecular weight is 218 g/mol. The quantitative estimate of drug-likeness (QED) is 0.619. The fraction of sp³-hybridized carbons (Fsp3) is 1.00. The van der Waals surface area contributed by atoms with Gasteiger partial charge < -0.3 is 4.74 Å². The highest BCUT2D eigenvalue weighted by atomic mass is 35.7. The number of hydrogen-bond acceptors (Lipinski definition) is 3. The normalized spacial score (nSPS) is 32.6. The van der Waals surface area contributed by atoms with Gasteiger partial charge in [-0.2, -0.15) is 12.7 Å². The van der Waals surface area contributed by atoms with Gasteiger partial charge in [-0.25, -0.2) is 4.39 Å². The summed E-state index contributed by atoms with van der Waals surface area (Å²) < 4.78 is 39.9. The van der Waals surface area contributed by atoms with Gasteiger partial charge in [-0.3, -0.25) is 0 Å². The predicted molar refractivity (Wildman–Crippen MR) is 42.0 cm³/mol.